The molecule has 1 heterocycles. The van der Waals surface area contributed by atoms with Gasteiger partial charge in [-0.2, -0.15) is 0 Å². The van der Waals surface area contributed by atoms with Gasteiger partial charge in [-0.15, -0.1) is 0 Å². The fourth-order valence-corrected chi connectivity index (χ4v) is 2.15. The molecule has 2 aromatic rings. The lowest BCUT2D eigenvalue weighted by molar-refractivity contribution is -0.384. The van der Waals surface area contributed by atoms with Gasteiger partial charge < -0.3 is 5.32 Å². The lowest BCUT2D eigenvalue weighted by Crippen LogP contribution is -2.13. The number of nitro groups is 1. The highest BCUT2D eigenvalue weighted by molar-refractivity contribution is 6.02. The van der Waals surface area contributed by atoms with Crippen molar-refractivity contribution in [2.75, 3.05) is 5.32 Å². The molecule has 0 aliphatic heterocycles. The highest BCUT2D eigenvalue weighted by Gasteiger charge is 2.09. The Bertz CT molecular complexity index is 666. The molecule has 0 bridgehead atoms. The number of nitro benzene ring substituents is 1. The number of hydrogen-bond donors (Lipinski definition) is 1. The van der Waals surface area contributed by atoms with Crippen LogP contribution in [0.3, 0.4) is 0 Å². The van der Waals surface area contributed by atoms with Crippen molar-refractivity contribution in [1.82, 2.24) is 4.98 Å². The average molecular weight is 313 g/mol. The van der Waals surface area contributed by atoms with E-state index < -0.39 is 4.92 Å². The van der Waals surface area contributed by atoms with E-state index in [0.717, 1.165) is 18.4 Å². The summed E-state index contributed by atoms with van der Waals surface area (Å²) < 4.78 is 0. The van der Waals surface area contributed by atoms with E-state index >= 15 is 0 Å². The van der Waals surface area contributed by atoms with Gasteiger partial charge in [-0.3, -0.25) is 19.9 Å². The molecule has 23 heavy (non-hydrogen) atoms. The van der Waals surface area contributed by atoms with Gasteiger partial charge in [0.05, 0.1) is 4.92 Å². The SMILES string of the molecule is CCCCCc1ccc(C(=O)Nc2ccc([N+](=O)[O-])cc2)nc1. The molecule has 0 aliphatic rings. The van der Waals surface area contributed by atoms with Gasteiger partial charge in [0.1, 0.15) is 5.69 Å². The normalized spacial score (nSPS) is 10.3. The summed E-state index contributed by atoms with van der Waals surface area (Å²) in [4.78, 5) is 26.4. The topological polar surface area (TPSA) is 85.1 Å². The maximum atomic E-state index is 12.1. The van der Waals surface area contributed by atoms with Crippen molar-refractivity contribution in [3.63, 3.8) is 0 Å². The first kappa shape index (κ1) is 16.6. The first-order chi connectivity index (χ1) is 11.1. The monoisotopic (exact) mass is 313 g/mol. The fraction of sp³-hybridized carbons (Fsp3) is 0.294. The standard InChI is InChI=1S/C17H19N3O3/c1-2-3-4-5-13-6-11-16(18-12-13)17(21)19-14-7-9-15(10-8-14)20(22)23/h6-12H,2-5H2,1H3,(H,19,21). The number of carbonyl (C=O) groups is 1. The number of hydrogen-bond acceptors (Lipinski definition) is 4. The van der Waals surface area contributed by atoms with Crippen LogP contribution in [0.25, 0.3) is 0 Å². The van der Waals surface area contributed by atoms with Gasteiger partial charge in [0.15, 0.2) is 0 Å². The molecule has 6 heteroatoms. The van der Waals surface area contributed by atoms with E-state index in [-0.39, 0.29) is 11.6 Å². The van der Waals surface area contributed by atoms with E-state index in [2.05, 4.69) is 17.2 Å². The number of anilines is 1. The van der Waals surface area contributed by atoms with Crippen molar-refractivity contribution in [1.29, 1.82) is 0 Å². The number of nitrogens with one attached hydrogen (secondary N) is 1. The largest absolute Gasteiger partial charge is 0.321 e. The smallest absolute Gasteiger partial charge is 0.274 e. The summed E-state index contributed by atoms with van der Waals surface area (Å²) in [5, 5.41) is 13.3. The molecular weight excluding hydrogens is 294 g/mol. The number of rotatable bonds is 7. The van der Waals surface area contributed by atoms with Crippen LogP contribution in [-0.2, 0) is 6.42 Å². The van der Waals surface area contributed by atoms with E-state index in [1.54, 1.807) is 12.3 Å². The molecule has 0 radical (unpaired) electrons. The molecule has 0 saturated heterocycles. The Morgan fingerprint density at radius 3 is 2.48 bits per heavy atom. The summed E-state index contributed by atoms with van der Waals surface area (Å²) in [6.07, 6.45) is 6.16. The van der Waals surface area contributed by atoms with Gasteiger partial charge in [0.2, 0.25) is 0 Å². The molecule has 1 aromatic carbocycles. The average Bonchev–Trinajstić information content (AvgIpc) is 2.56. The Morgan fingerprint density at radius 1 is 1.17 bits per heavy atom. The Hall–Kier alpha value is -2.76. The third kappa shape index (κ3) is 4.88. The molecule has 0 fully saturated rings. The number of pyridine rings is 1. The molecule has 0 saturated carbocycles. The third-order valence-corrected chi connectivity index (χ3v) is 3.46. The van der Waals surface area contributed by atoms with Crippen LogP contribution < -0.4 is 5.32 Å². The summed E-state index contributed by atoms with van der Waals surface area (Å²) in [6.45, 7) is 2.16. The minimum absolute atomic E-state index is 0.0162. The number of benzene rings is 1. The van der Waals surface area contributed by atoms with E-state index in [1.165, 1.54) is 37.1 Å². The van der Waals surface area contributed by atoms with E-state index in [4.69, 9.17) is 0 Å². The summed E-state index contributed by atoms with van der Waals surface area (Å²) in [7, 11) is 0. The molecule has 1 N–H and O–H groups in total. The van der Waals surface area contributed by atoms with Crippen LogP contribution in [0.4, 0.5) is 11.4 Å². The van der Waals surface area contributed by atoms with Crippen LogP contribution in [0, 0.1) is 10.1 Å². The Balaban J connectivity index is 1.96. The summed E-state index contributed by atoms with van der Waals surface area (Å²) in [5.41, 5.74) is 1.92. The number of nitrogens with zero attached hydrogens (tertiary/aromatic N) is 2. The van der Waals surface area contributed by atoms with E-state index in [1.807, 2.05) is 6.07 Å². The molecule has 0 aliphatic carbocycles. The minimum Gasteiger partial charge on any atom is -0.321 e. The zero-order valence-corrected chi connectivity index (χ0v) is 13.0. The molecule has 0 spiro atoms. The van der Waals surface area contributed by atoms with Gasteiger partial charge in [-0.1, -0.05) is 25.8 Å². The van der Waals surface area contributed by atoms with Crippen LogP contribution in [0.2, 0.25) is 0 Å². The van der Waals surface area contributed by atoms with Gasteiger partial charge in [0.25, 0.3) is 11.6 Å². The summed E-state index contributed by atoms with van der Waals surface area (Å²) in [5.74, 6) is -0.334. The Kier molecular flexibility index (Phi) is 5.80. The molecule has 0 unspecified atom stereocenters. The molecule has 1 amide bonds. The van der Waals surface area contributed by atoms with Crippen LogP contribution in [0.5, 0.6) is 0 Å². The van der Waals surface area contributed by atoms with Gasteiger partial charge in [-0.25, -0.2) is 0 Å². The van der Waals surface area contributed by atoms with Crippen molar-refractivity contribution >= 4 is 17.3 Å². The number of unbranched alkanes of at least 4 members (excludes halogenated alkanes) is 2. The number of non-ortho nitro benzene ring substituents is 1. The molecule has 1 aromatic heterocycles. The van der Waals surface area contributed by atoms with E-state index in [9.17, 15) is 14.9 Å². The maximum absolute atomic E-state index is 12.1. The summed E-state index contributed by atoms with van der Waals surface area (Å²) >= 11 is 0. The van der Waals surface area contributed by atoms with Crippen molar-refractivity contribution in [3.8, 4) is 0 Å². The Morgan fingerprint density at radius 2 is 1.91 bits per heavy atom. The molecular formula is C17H19N3O3. The number of aromatic nitrogens is 1. The van der Waals surface area contributed by atoms with E-state index in [0.29, 0.717) is 11.4 Å². The molecule has 6 nitrogen and oxygen atoms in total. The van der Waals surface area contributed by atoms with Crippen LogP contribution in [0.1, 0.15) is 42.2 Å². The number of carbonyl (C=O) groups excluding carboxylic acids is 1. The van der Waals surface area contributed by atoms with Crippen molar-refractivity contribution < 1.29 is 9.72 Å². The number of amides is 1. The highest BCUT2D eigenvalue weighted by Crippen LogP contribution is 2.16. The second-order valence-electron chi connectivity index (χ2n) is 5.27. The fourth-order valence-electron chi connectivity index (χ4n) is 2.15. The summed E-state index contributed by atoms with van der Waals surface area (Å²) in [6, 6.07) is 9.29. The van der Waals surface area contributed by atoms with Crippen molar-refractivity contribution in [2.24, 2.45) is 0 Å². The lowest BCUT2D eigenvalue weighted by Gasteiger charge is -2.05. The van der Waals surface area contributed by atoms with Crippen LogP contribution >= 0.6 is 0 Å². The lowest BCUT2D eigenvalue weighted by atomic mass is 10.1. The predicted octanol–water partition coefficient (Wildman–Crippen LogP) is 3.97. The highest BCUT2D eigenvalue weighted by atomic mass is 16.6. The maximum Gasteiger partial charge on any atom is 0.274 e. The van der Waals surface area contributed by atoms with Gasteiger partial charge in [-0.05, 0) is 36.6 Å². The zero-order valence-electron chi connectivity index (χ0n) is 13.0. The molecule has 120 valence electrons. The third-order valence-electron chi connectivity index (χ3n) is 3.46. The number of aryl methyl sites for hydroxylation is 1. The van der Waals surface area contributed by atoms with Gasteiger partial charge >= 0.3 is 0 Å². The first-order valence-electron chi connectivity index (χ1n) is 7.61. The predicted molar refractivity (Wildman–Crippen MR) is 88.5 cm³/mol. The van der Waals surface area contributed by atoms with Crippen molar-refractivity contribution in [2.45, 2.75) is 32.6 Å². The second-order valence-corrected chi connectivity index (χ2v) is 5.27. The van der Waals surface area contributed by atoms with Crippen LogP contribution in [0.15, 0.2) is 42.6 Å². The zero-order chi connectivity index (χ0) is 16.7. The van der Waals surface area contributed by atoms with Gasteiger partial charge in [0, 0.05) is 24.0 Å². The van der Waals surface area contributed by atoms with Crippen LogP contribution in [-0.4, -0.2) is 15.8 Å². The molecule has 0 atom stereocenters. The quantitative estimate of drug-likeness (QED) is 0.476. The Labute approximate surface area is 134 Å². The second kappa shape index (κ2) is 8.03. The molecule has 2 rings (SSSR count). The van der Waals surface area contributed by atoms with Crippen molar-refractivity contribution in [3.05, 3.63) is 64.0 Å². The first-order valence-corrected chi connectivity index (χ1v) is 7.61. The minimum atomic E-state index is -0.482.